The molecule has 1 nitrogen and oxygen atoms in total. The molecule has 17 heavy (non-hydrogen) atoms. The number of hydrogen-bond donors (Lipinski definition) is 0. The molecule has 0 atom stereocenters. The van der Waals surface area contributed by atoms with E-state index in [0.717, 1.165) is 15.4 Å². The molecule has 0 aliphatic carbocycles. The van der Waals surface area contributed by atoms with Gasteiger partial charge < -0.3 is 0 Å². The Bertz CT molecular complexity index is 611. The topological polar surface area (TPSA) is 12.9 Å². The van der Waals surface area contributed by atoms with E-state index in [1.165, 1.54) is 17.0 Å². The first-order valence-electron chi connectivity index (χ1n) is 5.08. The van der Waals surface area contributed by atoms with Gasteiger partial charge in [0.25, 0.3) is 0 Å². The average Bonchev–Trinajstić information content (AvgIpc) is 3.00. The number of halogens is 1. The summed E-state index contributed by atoms with van der Waals surface area (Å²) >= 11 is 3.32. The number of hydrogen-bond acceptors (Lipinski definition) is 3. The largest absolute Gasteiger partial charge is 0.244 e. The van der Waals surface area contributed by atoms with Crippen molar-refractivity contribution in [2.24, 2.45) is 0 Å². The lowest BCUT2D eigenvalue weighted by atomic mass is 10.2. The van der Waals surface area contributed by atoms with Crippen molar-refractivity contribution in [3.05, 3.63) is 53.8 Å². The molecule has 0 saturated heterocycles. The van der Waals surface area contributed by atoms with E-state index >= 15 is 0 Å². The minimum absolute atomic E-state index is 0.219. The van der Waals surface area contributed by atoms with Gasteiger partial charge in [0, 0.05) is 16.6 Å². The zero-order valence-electron chi connectivity index (χ0n) is 8.76. The highest BCUT2D eigenvalue weighted by Gasteiger charge is 2.07. The van der Waals surface area contributed by atoms with Crippen molar-refractivity contribution >= 4 is 22.7 Å². The molecule has 0 radical (unpaired) electrons. The summed E-state index contributed by atoms with van der Waals surface area (Å²) in [5.41, 5.74) is 0.958. The second-order valence-corrected chi connectivity index (χ2v) is 5.49. The van der Waals surface area contributed by atoms with Crippen LogP contribution in [0.2, 0.25) is 0 Å². The van der Waals surface area contributed by atoms with Crippen LogP contribution < -0.4 is 0 Å². The smallest absolute Gasteiger partial charge is 0.123 e. The van der Waals surface area contributed by atoms with Crippen LogP contribution in [-0.2, 0) is 0 Å². The Kier molecular flexibility index (Phi) is 2.74. The monoisotopic (exact) mass is 261 g/mol. The predicted octanol–water partition coefficient (Wildman–Crippen LogP) is 4.68. The van der Waals surface area contributed by atoms with Crippen molar-refractivity contribution in [3.8, 4) is 20.3 Å². The van der Waals surface area contributed by atoms with Gasteiger partial charge >= 0.3 is 0 Å². The van der Waals surface area contributed by atoms with Crippen LogP contribution in [0.25, 0.3) is 20.3 Å². The highest BCUT2D eigenvalue weighted by molar-refractivity contribution is 7.22. The van der Waals surface area contributed by atoms with Crippen LogP contribution in [0, 0.1) is 5.82 Å². The summed E-state index contributed by atoms with van der Waals surface area (Å²) in [6.45, 7) is 0. The van der Waals surface area contributed by atoms with Gasteiger partial charge in [-0.15, -0.1) is 22.7 Å². The van der Waals surface area contributed by atoms with Crippen LogP contribution in [0.15, 0.2) is 48.0 Å². The quantitative estimate of drug-likeness (QED) is 0.653. The fraction of sp³-hybridized carbons (Fsp3) is 0. The molecular formula is C13H8FNS2. The summed E-state index contributed by atoms with van der Waals surface area (Å²) in [7, 11) is 0. The predicted molar refractivity (Wildman–Crippen MR) is 70.8 cm³/mol. The third-order valence-corrected chi connectivity index (χ3v) is 4.47. The molecule has 0 aliphatic rings. The molecule has 2 heterocycles. The summed E-state index contributed by atoms with van der Waals surface area (Å²) in [4.78, 5) is 6.75. The SMILES string of the molecule is Fc1ccc(-c2ncc(-c3cccs3)s2)cc1. The van der Waals surface area contributed by atoms with Gasteiger partial charge in [-0.2, -0.15) is 0 Å². The molecule has 0 amide bonds. The number of rotatable bonds is 2. The summed E-state index contributed by atoms with van der Waals surface area (Å²) in [5.74, 6) is -0.219. The molecule has 0 N–H and O–H groups in total. The van der Waals surface area contributed by atoms with Gasteiger partial charge in [0.2, 0.25) is 0 Å². The van der Waals surface area contributed by atoms with E-state index in [9.17, 15) is 4.39 Å². The Morgan fingerprint density at radius 3 is 2.53 bits per heavy atom. The minimum Gasteiger partial charge on any atom is -0.244 e. The van der Waals surface area contributed by atoms with Crippen LogP contribution in [0.3, 0.4) is 0 Å². The molecule has 0 fully saturated rings. The number of aromatic nitrogens is 1. The van der Waals surface area contributed by atoms with Gasteiger partial charge in [-0.1, -0.05) is 6.07 Å². The Morgan fingerprint density at radius 1 is 1.00 bits per heavy atom. The Labute approximate surface area is 106 Å². The highest BCUT2D eigenvalue weighted by Crippen LogP contribution is 2.34. The Morgan fingerprint density at radius 2 is 1.82 bits per heavy atom. The zero-order chi connectivity index (χ0) is 11.7. The summed E-state index contributed by atoms with van der Waals surface area (Å²) in [6.07, 6.45) is 1.87. The van der Waals surface area contributed by atoms with E-state index in [2.05, 4.69) is 11.1 Å². The fourth-order valence-corrected chi connectivity index (χ4v) is 3.27. The standard InChI is InChI=1S/C13H8FNS2/c14-10-5-3-9(4-6-10)13-15-8-12(17-13)11-2-1-7-16-11/h1-8H. The molecule has 0 bridgehead atoms. The number of thiophene rings is 1. The fourth-order valence-electron chi connectivity index (χ4n) is 1.53. The van der Waals surface area contributed by atoms with Crippen molar-refractivity contribution in [3.63, 3.8) is 0 Å². The minimum atomic E-state index is -0.219. The maximum atomic E-state index is 12.8. The normalized spacial score (nSPS) is 10.6. The van der Waals surface area contributed by atoms with Crippen LogP contribution in [0.4, 0.5) is 4.39 Å². The van der Waals surface area contributed by atoms with E-state index in [0.29, 0.717) is 0 Å². The van der Waals surface area contributed by atoms with Gasteiger partial charge in [-0.05, 0) is 35.7 Å². The van der Waals surface area contributed by atoms with Crippen LogP contribution in [0.1, 0.15) is 0 Å². The van der Waals surface area contributed by atoms with E-state index in [1.807, 2.05) is 17.6 Å². The Balaban J connectivity index is 1.98. The van der Waals surface area contributed by atoms with E-state index in [4.69, 9.17) is 0 Å². The molecule has 0 spiro atoms. The number of thiazole rings is 1. The first-order valence-corrected chi connectivity index (χ1v) is 6.78. The van der Waals surface area contributed by atoms with Crippen LogP contribution >= 0.6 is 22.7 Å². The van der Waals surface area contributed by atoms with Crippen LogP contribution in [-0.4, -0.2) is 4.98 Å². The van der Waals surface area contributed by atoms with Crippen molar-refractivity contribution in [2.75, 3.05) is 0 Å². The number of benzene rings is 1. The Hall–Kier alpha value is -1.52. The molecule has 2 aromatic heterocycles. The molecule has 3 rings (SSSR count). The summed E-state index contributed by atoms with van der Waals surface area (Å²) in [6, 6.07) is 10.5. The van der Waals surface area contributed by atoms with Gasteiger partial charge in [-0.25, -0.2) is 9.37 Å². The van der Waals surface area contributed by atoms with E-state index in [-0.39, 0.29) is 5.82 Å². The van der Waals surface area contributed by atoms with Gasteiger partial charge in [0.05, 0.1) is 4.88 Å². The summed E-state index contributed by atoms with van der Waals surface area (Å²) < 4.78 is 12.8. The molecule has 4 heteroatoms. The lowest BCUT2D eigenvalue weighted by molar-refractivity contribution is 0.628. The second kappa shape index (κ2) is 4.39. The van der Waals surface area contributed by atoms with Crippen molar-refractivity contribution in [1.82, 2.24) is 4.98 Å². The van der Waals surface area contributed by atoms with Crippen molar-refractivity contribution < 1.29 is 4.39 Å². The van der Waals surface area contributed by atoms with Gasteiger partial charge in [0.1, 0.15) is 10.8 Å². The average molecular weight is 261 g/mol. The second-order valence-electron chi connectivity index (χ2n) is 3.51. The molecule has 1 aromatic carbocycles. The molecule has 0 unspecified atom stereocenters. The highest BCUT2D eigenvalue weighted by atomic mass is 32.1. The lowest BCUT2D eigenvalue weighted by Crippen LogP contribution is -1.76. The maximum Gasteiger partial charge on any atom is 0.123 e. The molecule has 84 valence electrons. The van der Waals surface area contributed by atoms with E-state index in [1.54, 1.807) is 34.8 Å². The first kappa shape index (κ1) is 10.6. The van der Waals surface area contributed by atoms with E-state index < -0.39 is 0 Å². The lowest BCUT2D eigenvalue weighted by Gasteiger charge is -1.94. The summed E-state index contributed by atoms with van der Waals surface area (Å²) in [5, 5.41) is 2.97. The van der Waals surface area contributed by atoms with Crippen molar-refractivity contribution in [1.29, 1.82) is 0 Å². The molecule has 3 aromatic rings. The third kappa shape index (κ3) is 2.14. The van der Waals surface area contributed by atoms with Gasteiger partial charge in [0.15, 0.2) is 0 Å². The zero-order valence-corrected chi connectivity index (χ0v) is 10.4. The maximum absolute atomic E-state index is 12.8. The number of nitrogens with zero attached hydrogens (tertiary/aromatic N) is 1. The molecular weight excluding hydrogens is 253 g/mol. The third-order valence-electron chi connectivity index (χ3n) is 2.36. The molecule has 0 aliphatic heterocycles. The van der Waals surface area contributed by atoms with Gasteiger partial charge in [-0.3, -0.25) is 0 Å². The molecule has 0 saturated carbocycles. The van der Waals surface area contributed by atoms with Crippen molar-refractivity contribution in [2.45, 2.75) is 0 Å². The van der Waals surface area contributed by atoms with Crippen LogP contribution in [0.5, 0.6) is 0 Å². The first-order chi connectivity index (χ1) is 8.33.